The van der Waals surface area contributed by atoms with Gasteiger partial charge in [-0.2, -0.15) is 0 Å². The summed E-state index contributed by atoms with van der Waals surface area (Å²) < 4.78 is 5.33. The standard InChI is InChI=1S/C14H21NO/c1-9(2)6-13(15)12-7-10(3)14(16-5)11(4)8-12/h7-8,13H,1,6,15H2,2-5H3/t13-/m1/s1. The molecule has 0 aliphatic carbocycles. The molecule has 0 bridgehead atoms. The molecule has 0 aromatic heterocycles. The Bertz CT molecular complexity index is 373. The molecular weight excluding hydrogens is 198 g/mol. The molecule has 16 heavy (non-hydrogen) atoms. The number of hydrogen-bond acceptors (Lipinski definition) is 2. The minimum Gasteiger partial charge on any atom is -0.496 e. The van der Waals surface area contributed by atoms with Crippen LogP contribution in [0.5, 0.6) is 5.75 Å². The van der Waals surface area contributed by atoms with Crippen molar-refractivity contribution in [3.63, 3.8) is 0 Å². The first-order chi connectivity index (χ1) is 7.45. The Morgan fingerprint density at radius 3 is 2.25 bits per heavy atom. The molecule has 0 unspecified atom stereocenters. The predicted octanol–water partition coefficient (Wildman–Crippen LogP) is 3.28. The molecule has 0 radical (unpaired) electrons. The summed E-state index contributed by atoms with van der Waals surface area (Å²) in [7, 11) is 1.70. The van der Waals surface area contributed by atoms with Crippen molar-refractivity contribution in [2.24, 2.45) is 5.73 Å². The van der Waals surface area contributed by atoms with E-state index in [0.717, 1.165) is 34.4 Å². The van der Waals surface area contributed by atoms with E-state index in [-0.39, 0.29) is 6.04 Å². The van der Waals surface area contributed by atoms with Crippen molar-refractivity contribution in [3.8, 4) is 5.75 Å². The Kier molecular flexibility index (Phi) is 4.13. The molecule has 0 saturated carbocycles. The highest BCUT2D eigenvalue weighted by atomic mass is 16.5. The smallest absolute Gasteiger partial charge is 0.124 e. The van der Waals surface area contributed by atoms with Crippen molar-refractivity contribution in [2.75, 3.05) is 7.11 Å². The Hall–Kier alpha value is -1.28. The Balaban J connectivity index is 3.03. The van der Waals surface area contributed by atoms with Crippen LogP contribution in [0.4, 0.5) is 0 Å². The van der Waals surface area contributed by atoms with E-state index in [1.807, 2.05) is 20.8 Å². The number of ether oxygens (including phenoxy) is 1. The van der Waals surface area contributed by atoms with E-state index in [2.05, 4.69) is 18.7 Å². The van der Waals surface area contributed by atoms with Gasteiger partial charge in [0.05, 0.1) is 7.11 Å². The van der Waals surface area contributed by atoms with Gasteiger partial charge in [0.25, 0.3) is 0 Å². The van der Waals surface area contributed by atoms with E-state index in [1.54, 1.807) is 7.11 Å². The second kappa shape index (κ2) is 5.17. The lowest BCUT2D eigenvalue weighted by atomic mass is 9.97. The maximum atomic E-state index is 6.12. The maximum Gasteiger partial charge on any atom is 0.124 e. The number of nitrogens with two attached hydrogens (primary N) is 1. The Labute approximate surface area is 98.1 Å². The van der Waals surface area contributed by atoms with E-state index in [0.29, 0.717) is 0 Å². The normalized spacial score (nSPS) is 12.3. The van der Waals surface area contributed by atoms with Gasteiger partial charge < -0.3 is 10.5 Å². The van der Waals surface area contributed by atoms with Gasteiger partial charge in [0.1, 0.15) is 5.75 Å². The average molecular weight is 219 g/mol. The van der Waals surface area contributed by atoms with Gasteiger partial charge in [-0.25, -0.2) is 0 Å². The molecule has 0 amide bonds. The largest absolute Gasteiger partial charge is 0.496 e. The summed E-state index contributed by atoms with van der Waals surface area (Å²) in [6.45, 7) is 9.99. The number of rotatable bonds is 4. The van der Waals surface area contributed by atoms with Crippen LogP contribution < -0.4 is 10.5 Å². The fourth-order valence-electron chi connectivity index (χ4n) is 2.01. The number of benzene rings is 1. The Morgan fingerprint density at radius 1 is 1.38 bits per heavy atom. The number of aryl methyl sites for hydroxylation is 2. The molecular formula is C14H21NO. The summed E-state index contributed by atoms with van der Waals surface area (Å²) in [5, 5.41) is 0. The SMILES string of the molecule is C=C(C)C[C@@H](N)c1cc(C)c(OC)c(C)c1. The molecule has 0 heterocycles. The zero-order chi connectivity index (χ0) is 12.3. The van der Waals surface area contributed by atoms with Crippen molar-refractivity contribution in [1.29, 1.82) is 0 Å². The van der Waals surface area contributed by atoms with Crippen molar-refractivity contribution in [3.05, 3.63) is 41.0 Å². The zero-order valence-electron chi connectivity index (χ0n) is 10.6. The molecule has 2 N–H and O–H groups in total. The second-order valence-corrected chi connectivity index (χ2v) is 4.46. The first-order valence-electron chi connectivity index (χ1n) is 5.50. The van der Waals surface area contributed by atoms with Crippen molar-refractivity contribution >= 4 is 0 Å². The molecule has 0 saturated heterocycles. The van der Waals surface area contributed by atoms with Crippen molar-refractivity contribution in [2.45, 2.75) is 33.2 Å². The fourth-order valence-corrected chi connectivity index (χ4v) is 2.01. The minimum atomic E-state index is 0.0285. The molecule has 2 nitrogen and oxygen atoms in total. The lowest BCUT2D eigenvalue weighted by molar-refractivity contribution is 0.408. The quantitative estimate of drug-likeness (QED) is 0.789. The van der Waals surface area contributed by atoms with E-state index in [4.69, 9.17) is 10.5 Å². The third-order valence-electron chi connectivity index (χ3n) is 2.68. The molecule has 0 aliphatic heterocycles. The highest BCUT2D eigenvalue weighted by Crippen LogP contribution is 2.28. The van der Waals surface area contributed by atoms with E-state index < -0.39 is 0 Å². The third-order valence-corrected chi connectivity index (χ3v) is 2.68. The van der Waals surface area contributed by atoms with Crippen molar-refractivity contribution in [1.82, 2.24) is 0 Å². The predicted molar refractivity (Wildman–Crippen MR) is 68.8 cm³/mol. The van der Waals surface area contributed by atoms with Crippen LogP contribution in [-0.2, 0) is 0 Å². The van der Waals surface area contributed by atoms with Crippen LogP contribution >= 0.6 is 0 Å². The topological polar surface area (TPSA) is 35.2 Å². The molecule has 0 aliphatic rings. The van der Waals surface area contributed by atoms with Crippen LogP contribution in [0.2, 0.25) is 0 Å². The highest BCUT2D eigenvalue weighted by Gasteiger charge is 2.10. The van der Waals surface area contributed by atoms with Gasteiger partial charge in [-0.1, -0.05) is 17.7 Å². The van der Waals surface area contributed by atoms with Crippen molar-refractivity contribution < 1.29 is 4.74 Å². The van der Waals surface area contributed by atoms with Gasteiger partial charge in [0.2, 0.25) is 0 Å². The molecule has 0 fully saturated rings. The van der Waals surface area contributed by atoms with Gasteiger partial charge in [0.15, 0.2) is 0 Å². The monoisotopic (exact) mass is 219 g/mol. The summed E-state index contributed by atoms with van der Waals surface area (Å²) in [6.07, 6.45) is 0.825. The van der Waals surface area contributed by atoms with Crippen LogP contribution in [0.15, 0.2) is 24.3 Å². The summed E-state index contributed by atoms with van der Waals surface area (Å²) >= 11 is 0. The molecule has 1 rings (SSSR count). The maximum absolute atomic E-state index is 6.12. The van der Waals surface area contributed by atoms with Crippen LogP contribution in [0, 0.1) is 13.8 Å². The van der Waals surface area contributed by atoms with Crippen LogP contribution in [0.3, 0.4) is 0 Å². The molecule has 0 spiro atoms. The third kappa shape index (κ3) is 2.86. The Morgan fingerprint density at radius 2 is 1.88 bits per heavy atom. The fraction of sp³-hybridized carbons (Fsp3) is 0.429. The van der Waals surface area contributed by atoms with Crippen LogP contribution in [-0.4, -0.2) is 7.11 Å². The average Bonchev–Trinajstić information content (AvgIpc) is 2.16. The first-order valence-corrected chi connectivity index (χ1v) is 5.50. The van der Waals surface area contributed by atoms with E-state index in [1.165, 1.54) is 0 Å². The minimum absolute atomic E-state index is 0.0285. The van der Waals surface area contributed by atoms with Gasteiger partial charge in [-0.15, -0.1) is 6.58 Å². The van der Waals surface area contributed by atoms with Gasteiger partial charge >= 0.3 is 0 Å². The molecule has 1 atom stereocenters. The lowest BCUT2D eigenvalue weighted by Crippen LogP contribution is -2.11. The van der Waals surface area contributed by atoms with Gasteiger partial charge in [-0.05, 0) is 43.9 Å². The molecule has 2 heteroatoms. The van der Waals surface area contributed by atoms with Crippen LogP contribution in [0.25, 0.3) is 0 Å². The summed E-state index contributed by atoms with van der Waals surface area (Å²) in [6, 6.07) is 4.22. The molecule has 88 valence electrons. The zero-order valence-corrected chi connectivity index (χ0v) is 10.6. The first kappa shape index (κ1) is 12.8. The second-order valence-electron chi connectivity index (χ2n) is 4.46. The van der Waals surface area contributed by atoms with Gasteiger partial charge in [-0.3, -0.25) is 0 Å². The van der Waals surface area contributed by atoms with Gasteiger partial charge in [0, 0.05) is 6.04 Å². The molecule has 1 aromatic carbocycles. The van der Waals surface area contributed by atoms with E-state index in [9.17, 15) is 0 Å². The van der Waals surface area contributed by atoms with Crippen LogP contribution in [0.1, 0.15) is 36.1 Å². The summed E-state index contributed by atoms with van der Waals surface area (Å²) in [4.78, 5) is 0. The lowest BCUT2D eigenvalue weighted by Gasteiger charge is -2.16. The summed E-state index contributed by atoms with van der Waals surface area (Å²) in [5.41, 5.74) is 10.7. The summed E-state index contributed by atoms with van der Waals surface area (Å²) in [5.74, 6) is 0.950. The molecule has 1 aromatic rings. The number of methoxy groups -OCH3 is 1. The van der Waals surface area contributed by atoms with E-state index >= 15 is 0 Å². The number of hydrogen-bond donors (Lipinski definition) is 1. The highest BCUT2D eigenvalue weighted by molar-refractivity contribution is 5.44.